The van der Waals surface area contributed by atoms with E-state index in [2.05, 4.69) is 67.6 Å². The van der Waals surface area contributed by atoms with Crippen LogP contribution in [0.25, 0.3) is 0 Å². The van der Waals surface area contributed by atoms with Crippen LogP contribution in [0.5, 0.6) is 0 Å². The van der Waals surface area contributed by atoms with E-state index in [1.165, 1.54) is 11.1 Å². The van der Waals surface area contributed by atoms with E-state index in [0.29, 0.717) is 13.2 Å². The fourth-order valence-electron chi connectivity index (χ4n) is 2.70. The number of rotatable bonds is 6. The van der Waals surface area contributed by atoms with Crippen LogP contribution in [0.4, 0.5) is 0 Å². The Morgan fingerprint density at radius 3 is 2.60 bits per heavy atom. The minimum Gasteiger partial charge on any atom is -0.379 e. The molecule has 1 heterocycles. The van der Waals surface area contributed by atoms with E-state index >= 15 is 0 Å². The van der Waals surface area contributed by atoms with Gasteiger partial charge in [-0.25, -0.2) is 0 Å². The summed E-state index contributed by atoms with van der Waals surface area (Å²) in [5, 5.41) is 6.73. The molecule has 1 aliphatic heterocycles. The minimum absolute atomic E-state index is 0.184. The second-order valence-electron chi connectivity index (χ2n) is 7.74. The molecule has 2 atom stereocenters. The average Bonchev–Trinajstić information content (AvgIpc) is 3.10. The molecule has 0 aromatic heterocycles. The van der Waals surface area contributed by atoms with Crippen LogP contribution in [0.3, 0.4) is 0 Å². The highest BCUT2D eigenvalue weighted by atomic mass is 16.5. The summed E-state index contributed by atoms with van der Waals surface area (Å²) < 4.78 is 11.2. The Labute approximate surface area is 152 Å². The summed E-state index contributed by atoms with van der Waals surface area (Å²) in [7, 11) is 1.79. The zero-order valence-corrected chi connectivity index (χ0v) is 16.3. The lowest BCUT2D eigenvalue weighted by atomic mass is 9.87. The normalized spacial score (nSPS) is 19.7. The molecule has 5 nitrogen and oxygen atoms in total. The zero-order chi connectivity index (χ0) is 18.3. The van der Waals surface area contributed by atoms with E-state index in [9.17, 15) is 0 Å². The van der Waals surface area contributed by atoms with Gasteiger partial charge >= 0.3 is 0 Å². The first-order valence-electron chi connectivity index (χ1n) is 9.14. The molecule has 2 N–H and O–H groups in total. The first kappa shape index (κ1) is 19.7. The molecule has 1 aromatic rings. The summed E-state index contributed by atoms with van der Waals surface area (Å²) in [6.07, 6.45) is 1.23. The summed E-state index contributed by atoms with van der Waals surface area (Å²) in [6, 6.07) is 8.94. The molecule has 1 aromatic carbocycles. The summed E-state index contributed by atoms with van der Waals surface area (Å²) in [4.78, 5) is 4.29. The third-order valence-corrected chi connectivity index (χ3v) is 4.36. The van der Waals surface area contributed by atoms with Crippen molar-refractivity contribution in [2.24, 2.45) is 4.99 Å². The molecule has 2 rings (SSSR count). The van der Waals surface area contributed by atoms with Crippen molar-refractivity contribution in [1.82, 2.24) is 10.6 Å². The maximum absolute atomic E-state index is 5.85. The Morgan fingerprint density at radius 1 is 1.32 bits per heavy atom. The van der Waals surface area contributed by atoms with E-state index in [1.54, 1.807) is 7.05 Å². The van der Waals surface area contributed by atoms with Gasteiger partial charge in [-0.1, -0.05) is 45.0 Å². The third kappa shape index (κ3) is 6.67. The summed E-state index contributed by atoms with van der Waals surface area (Å²) >= 11 is 0. The molecule has 0 saturated carbocycles. The highest BCUT2D eigenvalue weighted by Crippen LogP contribution is 2.22. The van der Waals surface area contributed by atoms with Gasteiger partial charge in [-0.05, 0) is 29.9 Å². The Bertz CT molecular complexity index is 543. The van der Waals surface area contributed by atoms with E-state index in [1.807, 2.05) is 0 Å². The monoisotopic (exact) mass is 347 g/mol. The molecule has 2 unspecified atom stereocenters. The van der Waals surface area contributed by atoms with Gasteiger partial charge in [0.15, 0.2) is 5.96 Å². The van der Waals surface area contributed by atoms with Crippen LogP contribution in [-0.2, 0) is 21.4 Å². The Kier molecular flexibility index (Phi) is 7.26. The van der Waals surface area contributed by atoms with Gasteiger partial charge in [-0.2, -0.15) is 0 Å². The van der Waals surface area contributed by atoms with Crippen LogP contribution in [-0.4, -0.2) is 45.0 Å². The SMILES string of the molecule is CN=C(NCc1ccc(C(C)(C)C)cc1)NC(C)COC1CCOC1. The number of nitrogens with one attached hydrogen (secondary N) is 2. The van der Waals surface area contributed by atoms with Crippen molar-refractivity contribution in [3.8, 4) is 0 Å². The van der Waals surface area contributed by atoms with Crippen molar-refractivity contribution in [3.63, 3.8) is 0 Å². The third-order valence-electron chi connectivity index (χ3n) is 4.36. The van der Waals surface area contributed by atoms with Gasteiger partial charge in [0.25, 0.3) is 0 Å². The highest BCUT2D eigenvalue weighted by Gasteiger charge is 2.17. The number of guanidine groups is 1. The summed E-state index contributed by atoms with van der Waals surface area (Å²) in [5.41, 5.74) is 2.77. The van der Waals surface area contributed by atoms with Crippen molar-refractivity contribution in [2.45, 2.75) is 58.2 Å². The Hall–Kier alpha value is -1.59. The molecule has 140 valence electrons. The Morgan fingerprint density at radius 2 is 2.04 bits per heavy atom. The van der Waals surface area contributed by atoms with Gasteiger partial charge in [-0.15, -0.1) is 0 Å². The molecule has 0 spiro atoms. The van der Waals surface area contributed by atoms with Crippen LogP contribution in [0.15, 0.2) is 29.3 Å². The second-order valence-corrected chi connectivity index (χ2v) is 7.74. The molecule has 1 saturated heterocycles. The number of nitrogens with zero attached hydrogens (tertiary/aromatic N) is 1. The van der Waals surface area contributed by atoms with Crippen LogP contribution in [0.1, 0.15) is 45.2 Å². The van der Waals surface area contributed by atoms with Crippen LogP contribution in [0, 0.1) is 0 Å². The van der Waals surface area contributed by atoms with Crippen LogP contribution >= 0.6 is 0 Å². The molecular weight excluding hydrogens is 314 g/mol. The van der Waals surface area contributed by atoms with Gasteiger partial charge in [0.1, 0.15) is 0 Å². The average molecular weight is 348 g/mol. The van der Waals surface area contributed by atoms with E-state index in [0.717, 1.165) is 25.5 Å². The lowest BCUT2D eigenvalue weighted by molar-refractivity contribution is 0.0347. The molecule has 1 aliphatic rings. The van der Waals surface area contributed by atoms with Gasteiger partial charge in [0.2, 0.25) is 0 Å². The van der Waals surface area contributed by atoms with Gasteiger partial charge in [-0.3, -0.25) is 4.99 Å². The van der Waals surface area contributed by atoms with Crippen molar-refractivity contribution >= 4 is 5.96 Å². The van der Waals surface area contributed by atoms with Gasteiger partial charge in [0.05, 0.1) is 19.3 Å². The quantitative estimate of drug-likeness (QED) is 0.614. The summed E-state index contributed by atoms with van der Waals surface area (Å²) in [5.74, 6) is 0.790. The topological polar surface area (TPSA) is 54.9 Å². The highest BCUT2D eigenvalue weighted by molar-refractivity contribution is 5.79. The maximum atomic E-state index is 5.85. The molecule has 5 heteroatoms. The largest absolute Gasteiger partial charge is 0.379 e. The minimum atomic E-state index is 0.184. The molecule has 25 heavy (non-hydrogen) atoms. The van der Waals surface area contributed by atoms with Crippen molar-refractivity contribution < 1.29 is 9.47 Å². The molecular formula is C20H33N3O2. The summed E-state index contributed by atoms with van der Waals surface area (Å²) in [6.45, 7) is 11.7. The smallest absolute Gasteiger partial charge is 0.191 e. The van der Waals surface area contributed by atoms with Crippen molar-refractivity contribution in [2.75, 3.05) is 26.9 Å². The number of hydrogen-bond donors (Lipinski definition) is 2. The first-order valence-corrected chi connectivity index (χ1v) is 9.14. The first-order chi connectivity index (χ1) is 11.9. The second kappa shape index (κ2) is 9.20. The number of aliphatic imine (C=N–C) groups is 1. The lowest BCUT2D eigenvalue weighted by Gasteiger charge is -2.21. The van der Waals surface area contributed by atoms with Crippen molar-refractivity contribution in [1.29, 1.82) is 0 Å². The maximum Gasteiger partial charge on any atom is 0.191 e. The van der Waals surface area contributed by atoms with Crippen LogP contribution in [0.2, 0.25) is 0 Å². The number of benzene rings is 1. The van der Waals surface area contributed by atoms with Gasteiger partial charge in [0, 0.05) is 26.2 Å². The molecule has 0 aliphatic carbocycles. The lowest BCUT2D eigenvalue weighted by Crippen LogP contribution is -2.44. The number of ether oxygens (including phenoxy) is 2. The van der Waals surface area contributed by atoms with E-state index < -0.39 is 0 Å². The number of hydrogen-bond acceptors (Lipinski definition) is 3. The molecule has 0 bridgehead atoms. The molecule has 1 fully saturated rings. The molecule has 0 radical (unpaired) electrons. The fourth-order valence-corrected chi connectivity index (χ4v) is 2.70. The van der Waals surface area contributed by atoms with E-state index in [4.69, 9.17) is 9.47 Å². The van der Waals surface area contributed by atoms with E-state index in [-0.39, 0.29) is 17.6 Å². The van der Waals surface area contributed by atoms with Gasteiger partial charge < -0.3 is 20.1 Å². The predicted molar refractivity (Wildman–Crippen MR) is 103 cm³/mol. The Balaban J connectivity index is 1.75. The van der Waals surface area contributed by atoms with Crippen molar-refractivity contribution in [3.05, 3.63) is 35.4 Å². The fraction of sp³-hybridized carbons (Fsp3) is 0.650. The zero-order valence-electron chi connectivity index (χ0n) is 16.3. The predicted octanol–water partition coefficient (Wildman–Crippen LogP) is 2.84. The molecule has 0 amide bonds. The standard InChI is InChI=1S/C20H33N3O2/c1-15(13-25-18-10-11-24-14-18)23-19(21-5)22-12-16-6-8-17(9-7-16)20(2,3)4/h6-9,15,18H,10-14H2,1-5H3,(H2,21,22,23). The van der Waals surface area contributed by atoms with Crippen LogP contribution < -0.4 is 10.6 Å².